The van der Waals surface area contributed by atoms with Crippen LogP contribution in [0.5, 0.6) is 0 Å². The van der Waals surface area contributed by atoms with E-state index in [0.29, 0.717) is 12.2 Å². The highest BCUT2D eigenvalue weighted by molar-refractivity contribution is 7.91. The lowest BCUT2D eigenvalue weighted by molar-refractivity contribution is -0.118. The van der Waals surface area contributed by atoms with Gasteiger partial charge < -0.3 is 0 Å². The van der Waals surface area contributed by atoms with Gasteiger partial charge in [-0.25, -0.2) is 4.72 Å². The molecule has 0 aliphatic carbocycles. The summed E-state index contributed by atoms with van der Waals surface area (Å²) in [7, 11) is -3.89. The van der Waals surface area contributed by atoms with Gasteiger partial charge in [0.1, 0.15) is 0 Å². The minimum Gasteiger partial charge on any atom is -0.274 e. The Labute approximate surface area is 142 Å². The van der Waals surface area contributed by atoms with Crippen molar-refractivity contribution >= 4 is 21.8 Å². The molecule has 0 radical (unpaired) electrons. The number of benzene rings is 2. The van der Waals surface area contributed by atoms with Crippen molar-refractivity contribution in [2.45, 2.75) is 26.2 Å². The first-order valence-corrected chi connectivity index (χ1v) is 9.36. The van der Waals surface area contributed by atoms with E-state index in [4.69, 9.17) is 0 Å². The van der Waals surface area contributed by atoms with Gasteiger partial charge in [0.15, 0.2) is 0 Å². The second kappa shape index (κ2) is 6.65. The van der Waals surface area contributed by atoms with Gasteiger partial charge in [0, 0.05) is 6.54 Å². The second-order valence-electron chi connectivity index (χ2n) is 6.00. The zero-order valence-corrected chi connectivity index (χ0v) is 14.3. The number of para-hydroxylation sites is 1. The zero-order valence-electron chi connectivity index (χ0n) is 13.5. The van der Waals surface area contributed by atoms with Gasteiger partial charge in [0.05, 0.1) is 12.1 Å². The summed E-state index contributed by atoms with van der Waals surface area (Å²) in [6.45, 7) is 2.31. The maximum absolute atomic E-state index is 12.6. The average molecular weight is 344 g/mol. The predicted octanol–water partition coefficient (Wildman–Crippen LogP) is 2.35. The van der Waals surface area contributed by atoms with Gasteiger partial charge in [0.2, 0.25) is 5.91 Å². The highest BCUT2D eigenvalue weighted by Gasteiger charge is 2.28. The summed E-state index contributed by atoms with van der Waals surface area (Å²) in [5.74, 6) is -0.524. The summed E-state index contributed by atoms with van der Waals surface area (Å²) in [6.07, 6.45) is 1.62. The summed E-state index contributed by atoms with van der Waals surface area (Å²) in [4.78, 5) is 12.2. The fraction of sp³-hybridized carbons (Fsp3) is 0.278. The molecule has 1 amide bonds. The van der Waals surface area contributed by atoms with Gasteiger partial charge in [-0.1, -0.05) is 48.0 Å². The third-order valence-electron chi connectivity index (χ3n) is 4.05. The van der Waals surface area contributed by atoms with Crippen LogP contribution in [0.2, 0.25) is 0 Å². The zero-order chi connectivity index (χ0) is 17.2. The van der Waals surface area contributed by atoms with E-state index in [1.165, 1.54) is 4.31 Å². The van der Waals surface area contributed by atoms with Gasteiger partial charge in [-0.2, -0.15) is 8.42 Å². The lowest BCUT2D eigenvalue weighted by Crippen LogP contribution is -2.46. The van der Waals surface area contributed by atoms with Crippen LogP contribution in [0.25, 0.3) is 0 Å². The number of aryl methyl sites for hydroxylation is 2. The number of hydrogen-bond acceptors (Lipinski definition) is 3. The molecule has 0 saturated heterocycles. The summed E-state index contributed by atoms with van der Waals surface area (Å²) in [5.41, 5.74) is 3.47. The van der Waals surface area contributed by atoms with Crippen LogP contribution in [0.15, 0.2) is 48.5 Å². The van der Waals surface area contributed by atoms with Crippen LogP contribution in [0.3, 0.4) is 0 Å². The first-order chi connectivity index (χ1) is 11.5. The molecule has 1 N–H and O–H groups in total. The lowest BCUT2D eigenvalue weighted by atomic mass is 10.0. The molecule has 6 heteroatoms. The summed E-state index contributed by atoms with van der Waals surface area (Å²) in [5, 5.41) is 0. The van der Waals surface area contributed by atoms with Gasteiger partial charge in [-0.05, 0) is 37.0 Å². The van der Waals surface area contributed by atoms with Crippen LogP contribution in [-0.2, 0) is 27.8 Å². The normalized spacial score (nSPS) is 14.1. The van der Waals surface area contributed by atoms with E-state index >= 15 is 0 Å². The number of carbonyl (C=O) groups is 1. The number of hydrogen-bond donors (Lipinski definition) is 1. The van der Waals surface area contributed by atoms with Crippen molar-refractivity contribution in [3.05, 3.63) is 65.2 Å². The van der Waals surface area contributed by atoms with Crippen LogP contribution < -0.4 is 9.03 Å². The number of fused-ring (bicyclic) bond motifs is 1. The van der Waals surface area contributed by atoms with E-state index in [1.54, 1.807) is 12.1 Å². The Kier molecular flexibility index (Phi) is 4.57. The average Bonchev–Trinajstić information content (AvgIpc) is 2.53. The molecule has 0 spiro atoms. The largest absolute Gasteiger partial charge is 0.326 e. The molecule has 0 fully saturated rings. The third kappa shape index (κ3) is 3.59. The molecule has 3 rings (SSSR count). The van der Waals surface area contributed by atoms with E-state index in [-0.39, 0.29) is 6.42 Å². The van der Waals surface area contributed by atoms with Crippen molar-refractivity contribution in [1.29, 1.82) is 0 Å². The Morgan fingerprint density at radius 3 is 2.75 bits per heavy atom. The topological polar surface area (TPSA) is 66.5 Å². The van der Waals surface area contributed by atoms with Gasteiger partial charge in [-0.15, -0.1) is 0 Å². The van der Waals surface area contributed by atoms with Gasteiger partial charge in [-0.3, -0.25) is 9.10 Å². The predicted molar refractivity (Wildman–Crippen MR) is 94.1 cm³/mol. The van der Waals surface area contributed by atoms with Gasteiger partial charge in [0.25, 0.3) is 0 Å². The molecule has 0 atom stereocenters. The van der Waals surface area contributed by atoms with Crippen LogP contribution in [0.4, 0.5) is 5.69 Å². The Hall–Kier alpha value is -2.34. The molecule has 2 aromatic carbocycles. The molecule has 1 heterocycles. The van der Waals surface area contributed by atoms with Crippen molar-refractivity contribution < 1.29 is 13.2 Å². The molecule has 24 heavy (non-hydrogen) atoms. The van der Waals surface area contributed by atoms with Crippen molar-refractivity contribution in [2.75, 3.05) is 10.8 Å². The standard InChI is InChI=1S/C18H20N2O3S/c1-14-6-4-7-15(12-14)13-18(21)19-24(22,23)20-11-5-9-16-8-2-3-10-17(16)20/h2-4,6-8,10,12H,5,9,11,13H2,1H3,(H,19,21). The van der Waals surface area contributed by atoms with E-state index < -0.39 is 16.1 Å². The van der Waals surface area contributed by atoms with Crippen molar-refractivity contribution in [3.8, 4) is 0 Å². The summed E-state index contributed by atoms with van der Waals surface area (Å²) in [6, 6.07) is 14.9. The molecule has 0 unspecified atom stereocenters. The highest BCUT2D eigenvalue weighted by Crippen LogP contribution is 2.28. The third-order valence-corrected chi connectivity index (χ3v) is 5.49. The Bertz CT molecular complexity index is 862. The maximum Gasteiger partial charge on any atom is 0.326 e. The quantitative estimate of drug-likeness (QED) is 0.926. The van der Waals surface area contributed by atoms with E-state index in [2.05, 4.69) is 4.72 Å². The number of anilines is 1. The monoisotopic (exact) mass is 344 g/mol. The fourth-order valence-electron chi connectivity index (χ4n) is 2.99. The van der Waals surface area contributed by atoms with Crippen molar-refractivity contribution in [3.63, 3.8) is 0 Å². The molecule has 0 saturated carbocycles. The number of nitrogens with one attached hydrogen (secondary N) is 1. The van der Waals surface area contributed by atoms with E-state index in [0.717, 1.165) is 29.5 Å². The highest BCUT2D eigenvalue weighted by atomic mass is 32.2. The first kappa shape index (κ1) is 16.5. The molecule has 2 aromatic rings. The smallest absolute Gasteiger partial charge is 0.274 e. The lowest BCUT2D eigenvalue weighted by Gasteiger charge is -2.30. The van der Waals surface area contributed by atoms with E-state index in [1.807, 2.05) is 43.3 Å². The van der Waals surface area contributed by atoms with Crippen molar-refractivity contribution in [1.82, 2.24) is 4.72 Å². The Morgan fingerprint density at radius 2 is 1.96 bits per heavy atom. The Morgan fingerprint density at radius 1 is 1.17 bits per heavy atom. The SMILES string of the molecule is Cc1cccc(CC(=O)NS(=O)(=O)N2CCCc3ccccc32)c1. The number of nitrogens with zero attached hydrogens (tertiary/aromatic N) is 1. The molecule has 1 aliphatic heterocycles. The molecule has 1 aliphatic rings. The summed E-state index contributed by atoms with van der Waals surface area (Å²) >= 11 is 0. The molecule has 0 bridgehead atoms. The van der Waals surface area contributed by atoms with Crippen LogP contribution in [0, 0.1) is 6.92 Å². The second-order valence-corrected chi connectivity index (χ2v) is 7.60. The van der Waals surface area contributed by atoms with E-state index in [9.17, 15) is 13.2 Å². The fourth-order valence-corrected chi connectivity index (χ4v) is 4.27. The first-order valence-electron chi connectivity index (χ1n) is 7.92. The molecule has 0 aromatic heterocycles. The number of rotatable bonds is 4. The molecular weight excluding hydrogens is 324 g/mol. The number of carbonyl (C=O) groups excluding carboxylic acids is 1. The minimum absolute atomic E-state index is 0.0381. The minimum atomic E-state index is -3.89. The summed E-state index contributed by atoms with van der Waals surface area (Å²) < 4.78 is 28.7. The maximum atomic E-state index is 12.6. The van der Waals surface area contributed by atoms with Crippen LogP contribution in [0.1, 0.15) is 23.1 Å². The van der Waals surface area contributed by atoms with Crippen LogP contribution in [-0.4, -0.2) is 20.9 Å². The van der Waals surface area contributed by atoms with Crippen molar-refractivity contribution in [2.24, 2.45) is 0 Å². The Balaban J connectivity index is 1.76. The number of amides is 1. The molecular formula is C18H20N2O3S. The molecule has 126 valence electrons. The molecule has 5 nitrogen and oxygen atoms in total. The van der Waals surface area contributed by atoms with Crippen LogP contribution >= 0.6 is 0 Å². The van der Waals surface area contributed by atoms with Gasteiger partial charge >= 0.3 is 10.2 Å².